The minimum atomic E-state index is -0.647. The molecular formula is C19H16N2O6. The predicted octanol–water partition coefficient (Wildman–Crippen LogP) is 3.26. The van der Waals surface area contributed by atoms with Crippen molar-refractivity contribution in [2.75, 3.05) is 14.2 Å². The molecule has 0 amide bonds. The Bertz CT molecular complexity index is 994. The molecule has 27 heavy (non-hydrogen) atoms. The van der Waals surface area contributed by atoms with Crippen molar-refractivity contribution < 1.29 is 23.9 Å². The molecule has 0 atom stereocenters. The Morgan fingerprint density at radius 2 is 1.93 bits per heavy atom. The van der Waals surface area contributed by atoms with Crippen LogP contribution in [0.2, 0.25) is 0 Å². The van der Waals surface area contributed by atoms with E-state index in [0.29, 0.717) is 28.2 Å². The standard InChI is InChI=1S/C19H16N2O6/c1-11-4-5-13(9-16(11)21(23)24)18-20-15(19(22)27-18)8-12-6-7-14(25-2)10-17(12)26-3/h4-10H,1-3H3. The second-order valence-electron chi connectivity index (χ2n) is 5.70. The van der Waals surface area contributed by atoms with Gasteiger partial charge in [0.1, 0.15) is 11.5 Å². The number of ether oxygens (including phenoxy) is 3. The van der Waals surface area contributed by atoms with Gasteiger partial charge in [-0.2, -0.15) is 0 Å². The van der Waals surface area contributed by atoms with Crippen LogP contribution in [0.1, 0.15) is 16.7 Å². The molecule has 8 heteroatoms. The summed E-state index contributed by atoms with van der Waals surface area (Å²) in [7, 11) is 3.04. The number of hydrogen-bond acceptors (Lipinski definition) is 7. The van der Waals surface area contributed by atoms with Crippen LogP contribution >= 0.6 is 0 Å². The van der Waals surface area contributed by atoms with E-state index in [1.54, 1.807) is 44.4 Å². The van der Waals surface area contributed by atoms with Gasteiger partial charge in [0.25, 0.3) is 5.69 Å². The largest absolute Gasteiger partial charge is 0.497 e. The number of rotatable bonds is 5. The zero-order valence-electron chi connectivity index (χ0n) is 14.9. The second-order valence-corrected chi connectivity index (χ2v) is 5.70. The second kappa shape index (κ2) is 7.28. The highest BCUT2D eigenvalue weighted by molar-refractivity contribution is 6.13. The first kappa shape index (κ1) is 18.1. The number of methoxy groups -OCH3 is 2. The van der Waals surface area contributed by atoms with Crippen LogP contribution in [0.4, 0.5) is 5.69 Å². The fraction of sp³-hybridized carbons (Fsp3) is 0.158. The van der Waals surface area contributed by atoms with E-state index >= 15 is 0 Å². The number of esters is 1. The minimum absolute atomic E-state index is 0.0156. The van der Waals surface area contributed by atoms with Crippen LogP contribution in [-0.2, 0) is 9.53 Å². The molecule has 0 saturated carbocycles. The monoisotopic (exact) mass is 368 g/mol. The SMILES string of the molecule is COc1ccc(C=C2N=C(c3ccc(C)c([N+](=O)[O-])c3)OC2=O)c(OC)c1. The summed E-state index contributed by atoms with van der Waals surface area (Å²) in [6.45, 7) is 1.63. The van der Waals surface area contributed by atoms with Crippen molar-refractivity contribution in [2.24, 2.45) is 4.99 Å². The molecule has 0 fully saturated rings. The summed E-state index contributed by atoms with van der Waals surface area (Å²) in [4.78, 5) is 27.0. The zero-order chi connectivity index (χ0) is 19.6. The third-order valence-corrected chi connectivity index (χ3v) is 4.01. The maximum absolute atomic E-state index is 12.2. The van der Waals surface area contributed by atoms with Gasteiger partial charge in [-0.15, -0.1) is 0 Å². The number of benzene rings is 2. The average Bonchev–Trinajstić information content (AvgIpc) is 3.02. The van der Waals surface area contributed by atoms with Gasteiger partial charge in [0.05, 0.1) is 19.1 Å². The van der Waals surface area contributed by atoms with Gasteiger partial charge in [0.2, 0.25) is 5.90 Å². The summed E-state index contributed by atoms with van der Waals surface area (Å²) < 4.78 is 15.6. The molecule has 1 aliphatic rings. The first-order valence-electron chi connectivity index (χ1n) is 7.93. The Hall–Kier alpha value is -3.68. The van der Waals surface area contributed by atoms with Crippen molar-refractivity contribution in [3.63, 3.8) is 0 Å². The molecule has 2 aromatic rings. The van der Waals surface area contributed by atoms with Crippen molar-refractivity contribution in [1.29, 1.82) is 0 Å². The summed E-state index contributed by atoms with van der Waals surface area (Å²) in [6.07, 6.45) is 1.52. The summed E-state index contributed by atoms with van der Waals surface area (Å²) >= 11 is 0. The Kier molecular flexibility index (Phi) is 4.89. The molecule has 1 aliphatic heterocycles. The number of carbonyl (C=O) groups excluding carboxylic acids is 1. The Morgan fingerprint density at radius 3 is 2.59 bits per heavy atom. The normalized spacial score (nSPS) is 14.7. The van der Waals surface area contributed by atoms with Gasteiger partial charge in [-0.3, -0.25) is 10.1 Å². The fourth-order valence-corrected chi connectivity index (χ4v) is 2.56. The number of nitro benzene ring substituents is 1. The van der Waals surface area contributed by atoms with Crippen LogP contribution in [0.3, 0.4) is 0 Å². The van der Waals surface area contributed by atoms with Gasteiger partial charge < -0.3 is 14.2 Å². The first-order chi connectivity index (χ1) is 12.9. The van der Waals surface area contributed by atoms with E-state index in [2.05, 4.69) is 4.99 Å². The lowest BCUT2D eigenvalue weighted by atomic mass is 10.1. The van der Waals surface area contributed by atoms with Gasteiger partial charge in [0, 0.05) is 28.8 Å². The molecule has 0 spiro atoms. The van der Waals surface area contributed by atoms with E-state index in [1.165, 1.54) is 19.3 Å². The molecule has 0 saturated heterocycles. The number of hydrogen-bond donors (Lipinski definition) is 0. The lowest BCUT2D eigenvalue weighted by Crippen LogP contribution is -2.06. The Morgan fingerprint density at radius 1 is 1.15 bits per heavy atom. The summed E-state index contributed by atoms with van der Waals surface area (Å²) in [5.41, 5.74) is 1.47. The minimum Gasteiger partial charge on any atom is -0.497 e. The molecule has 0 N–H and O–H groups in total. The number of aryl methyl sites for hydroxylation is 1. The van der Waals surface area contributed by atoms with Crippen molar-refractivity contribution in [1.82, 2.24) is 0 Å². The number of carbonyl (C=O) groups is 1. The van der Waals surface area contributed by atoms with Gasteiger partial charge in [-0.25, -0.2) is 9.79 Å². The van der Waals surface area contributed by atoms with Crippen LogP contribution in [0, 0.1) is 17.0 Å². The van der Waals surface area contributed by atoms with Crippen molar-refractivity contribution >= 4 is 23.6 Å². The molecule has 0 aromatic heterocycles. The molecule has 8 nitrogen and oxygen atoms in total. The highest BCUT2D eigenvalue weighted by Crippen LogP contribution is 2.29. The molecule has 0 aliphatic carbocycles. The number of cyclic esters (lactones) is 1. The third kappa shape index (κ3) is 3.64. The quantitative estimate of drug-likeness (QED) is 0.347. The number of nitrogens with zero attached hydrogens (tertiary/aromatic N) is 2. The molecule has 0 bridgehead atoms. The molecular weight excluding hydrogens is 352 g/mol. The highest BCUT2D eigenvalue weighted by Gasteiger charge is 2.26. The number of aliphatic imine (C=N–C) groups is 1. The van der Waals surface area contributed by atoms with E-state index in [9.17, 15) is 14.9 Å². The topological polar surface area (TPSA) is 100 Å². The van der Waals surface area contributed by atoms with Gasteiger partial charge in [-0.05, 0) is 31.2 Å². The molecule has 138 valence electrons. The molecule has 3 rings (SSSR count). The van der Waals surface area contributed by atoms with Crippen LogP contribution in [0.15, 0.2) is 47.1 Å². The first-order valence-corrected chi connectivity index (χ1v) is 7.93. The van der Waals surface area contributed by atoms with Crippen LogP contribution in [-0.4, -0.2) is 31.0 Å². The molecule has 0 radical (unpaired) electrons. The van der Waals surface area contributed by atoms with Crippen LogP contribution in [0.5, 0.6) is 11.5 Å². The Balaban J connectivity index is 1.99. The van der Waals surface area contributed by atoms with Crippen LogP contribution < -0.4 is 9.47 Å². The smallest absolute Gasteiger partial charge is 0.363 e. The van der Waals surface area contributed by atoms with E-state index in [0.717, 1.165) is 0 Å². The summed E-state index contributed by atoms with van der Waals surface area (Å²) in [5.74, 6) is 0.483. The van der Waals surface area contributed by atoms with Crippen molar-refractivity contribution in [3.8, 4) is 11.5 Å². The third-order valence-electron chi connectivity index (χ3n) is 4.01. The summed E-state index contributed by atoms with van der Waals surface area (Å²) in [6, 6.07) is 9.66. The average molecular weight is 368 g/mol. The van der Waals surface area contributed by atoms with E-state index in [1.807, 2.05) is 0 Å². The van der Waals surface area contributed by atoms with Crippen LogP contribution in [0.25, 0.3) is 6.08 Å². The fourth-order valence-electron chi connectivity index (χ4n) is 2.56. The van der Waals surface area contributed by atoms with Gasteiger partial charge in [-0.1, -0.05) is 6.07 Å². The predicted molar refractivity (Wildman–Crippen MR) is 98.0 cm³/mol. The van der Waals surface area contributed by atoms with Crippen molar-refractivity contribution in [2.45, 2.75) is 6.92 Å². The lowest BCUT2D eigenvalue weighted by Gasteiger charge is -2.07. The highest BCUT2D eigenvalue weighted by atomic mass is 16.6. The lowest BCUT2D eigenvalue weighted by molar-refractivity contribution is -0.385. The van der Waals surface area contributed by atoms with E-state index in [-0.39, 0.29) is 17.3 Å². The van der Waals surface area contributed by atoms with Crippen molar-refractivity contribution in [3.05, 3.63) is 68.9 Å². The number of nitro groups is 1. The van der Waals surface area contributed by atoms with Gasteiger partial charge >= 0.3 is 5.97 Å². The maximum atomic E-state index is 12.2. The molecule has 0 unspecified atom stereocenters. The summed E-state index contributed by atoms with van der Waals surface area (Å²) in [5, 5.41) is 11.1. The van der Waals surface area contributed by atoms with Gasteiger partial charge in [0.15, 0.2) is 5.70 Å². The molecule has 2 aromatic carbocycles. The maximum Gasteiger partial charge on any atom is 0.363 e. The van der Waals surface area contributed by atoms with E-state index in [4.69, 9.17) is 14.2 Å². The van der Waals surface area contributed by atoms with E-state index < -0.39 is 10.9 Å². The Labute approximate surface area is 154 Å². The molecule has 1 heterocycles. The zero-order valence-corrected chi connectivity index (χ0v) is 14.9.